The van der Waals surface area contributed by atoms with Crippen LogP contribution in [-0.2, 0) is 4.74 Å². The number of hydrogen-bond acceptors (Lipinski definition) is 6. The van der Waals surface area contributed by atoms with Crippen LogP contribution in [-0.4, -0.2) is 31.0 Å². The Morgan fingerprint density at radius 2 is 2.05 bits per heavy atom. The Morgan fingerprint density at radius 1 is 1.33 bits per heavy atom. The Bertz CT molecular complexity index is 501. The second-order valence-electron chi connectivity index (χ2n) is 5.33. The Hall–Kier alpha value is -1.76. The van der Waals surface area contributed by atoms with Crippen molar-refractivity contribution in [2.24, 2.45) is 5.18 Å². The molecule has 0 saturated carbocycles. The molecule has 1 aromatic carbocycles. The lowest BCUT2D eigenvalue weighted by molar-refractivity contribution is 0.0530. The normalized spacial score (nSPS) is 10.9. The van der Waals surface area contributed by atoms with Crippen LogP contribution in [0.25, 0.3) is 0 Å². The van der Waals surface area contributed by atoms with Crippen molar-refractivity contribution < 1.29 is 9.53 Å². The minimum absolute atomic E-state index is 0.352. The molecule has 0 aromatic heterocycles. The monoisotopic (exact) mass is 311 g/mol. The third kappa shape index (κ3) is 6.48. The van der Waals surface area contributed by atoms with E-state index >= 15 is 0 Å². The predicted molar refractivity (Wildman–Crippen MR) is 86.4 cm³/mol. The molecule has 6 nitrogen and oxygen atoms in total. The van der Waals surface area contributed by atoms with Crippen molar-refractivity contribution in [3.05, 3.63) is 23.1 Å². The highest BCUT2D eigenvalue weighted by atomic mass is 32.2. The average Bonchev–Trinajstić information content (AvgIpc) is 2.41. The molecule has 1 amide bonds. The molecule has 0 unspecified atom stereocenters. The average molecular weight is 311 g/mol. The molecule has 0 spiro atoms. The number of ether oxygens (including phenoxy) is 1. The molecule has 0 saturated heterocycles. The maximum absolute atomic E-state index is 11.5. The molecule has 0 atom stereocenters. The summed E-state index contributed by atoms with van der Waals surface area (Å²) < 4.78 is 5.12. The molecule has 0 heterocycles. The maximum atomic E-state index is 11.5. The van der Waals surface area contributed by atoms with Crippen molar-refractivity contribution in [3.8, 4) is 0 Å². The highest BCUT2D eigenvalue weighted by Gasteiger charge is 2.15. The van der Waals surface area contributed by atoms with Gasteiger partial charge in [-0.25, -0.2) is 4.79 Å². The van der Waals surface area contributed by atoms with Crippen molar-refractivity contribution in [3.63, 3.8) is 0 Å². The molecule has 0 fully saturated rings. The van der Waals surface area contributed by atoms with Gasteiger partial charge in [0.1, 0.15) is 11.3 Å². The molecule has 1 aromatic rings. The van der Waals surface area contributed by atoms with E-state index < -0.39 is 11.7 Å². The van der Waals surface area contributed by atoms with Gasteiger partial charge >= 0.3 is 6.09 Å². The number of thioether (sulfide) groups is 1. The smallest absolute Gasteiger partial charge is 0.407 e. The van der Waals surface area contributed by atoms with Gasteiger partial charge in [-0.15, -0.1) is 16.7 Å². The molecule has 21 heavy (non-hydrogen) atoms. The van der Waals surface area contributed by atoms with Crippen molar-refractivity contribution in [1.29, 1.82) is 0 Å². The topological polar surface area (TPSA) is 79.8 Å². The Labute approximate surface area is 129 Å². The molecule has 0 bridgehead atoms. The van der Waals surface area contributed by atoms with Gasteiger partial charge in [0.15, 0.2) is 0 Å². The summed E-state index contributed by atoms with van der Waals surface area (Å²) in [5, 5.41) is 8.69. The summed E-state index contributed by atoms with van der Waals surface area (Å²) in [6.45, 7) is 6.28. The van der Waals surface area contributed by atoms with Crippen molar-refractivity contribution in [2.45, 2.75) is 31.3 Å². The van der Waals surface area contributed by atoms with Gasteiger partial charge in [0.2, 0.25) is 0 Å². The summed E-state index contributed by atoms with van der Waals surface area (Å²) in [5.41, 5.74) is 0.492. The molecule has 0 aliphatic carbocycles. The van der Waals surface area contributed by atoms with Crippen molar-refractivity contribution >= 4 is 29.2 Å². The fraction of sp³-hybridized carbons (Fsp3) is 0.500. The van der Waals surface area contributed by atoms with Gasteiger partial charge in [-0.3, -0.25) is 0 Å². The molecule has 0 aliphatic rings. The summed E-state index contributed by atoms with van der Waals surface area (Å²) in [6.07, 6.45) is 1.49. The molecule has 7 heteroatoms. The van der Waals surface area contributed by atoms with Gasteiger partial charge in [-0.1, -0.05) is 0 Å². The lowest BCUT2D eigenvalue weighted by Crippen LogP contribution is -2.35. The first-order chi connectivity index (χ1) is 9.85. The van der Waals surface area contributed by atoms with Gasteiger partial charge in [-0.05, 0) is 50.4 Å². The molecule has 0 radical (unpaired) electrons. The Morgan fingerprint density at radius 3 is 2.62 bits per heavy atom. The van der Waals surface area contributed by atoms with Crippen molar-refractivity contribution in [1.82, 2.24) is 5.32 Å². The van der Waals surface area contributed by atoms with E-state index in [1.54, 1.807) is 38.6 Å². The lowest BCUT2D eigenvalue weighted by Gasteiger charge is -2.19. The highest BCUT2D eigenvalue weighted by Crippen LogP contribution is 2.29. The lowest BCUT2D eigenvalue weighted by atomic mass is 10.2. The summed E-state index contributed by atoms with van der Waals surface area (Å²) in [6, 6.07) is 5.36. The van der Waals surface area contributed by atoms with E-state index in [0.717, 1.165) is 4.90 Å². The molecular weight excluding hydrogens is 290 g/mol. The van der Waals surface area contributed by atoms with Crippen LogP contribution in [0.3, 0.4) is 0 Å². The third-order valence-corrected chi connectivity index (χ3v) is 3.14. The van der Waals surface area contributed by atoms with E-state index in [4.69, 9.17) is 4.74 Å². The van der Waals surface area contributed by atoms with Crippen LogP contribution in [0, 0.1) is 4.91 Å². The van der Waals surface area contributed by atoms with E-state index in [1.165, 1.54) is 0 Å². The predicted octanol–water partition coefficient (Wildman–Crippen LogP) is 3.74. The fourth-order valence-corrected chi connectivity index (χ4v) is 1.98. The van der Waals surface area contributed by atoms with E-state index in [1.807, 2.05) is 18.4 Å². The Balaban J connectivity index is 2.45. The van der Waals surface area contributed by atoms with E-state index in [2.05, 4.69) is 15.8 Å². The number of nitrogens with one attached hydrogen (secondary N) is 2. The van der Waals surface area contributed by atoms with Crippen LogP contribution >= 0.6 is 11.8 Å². The van der Waals surface area contributed by atoms with Gasteiger partial charge in [-0.2, -0.15) is 0 Å². The molecular formula is C14H21N3O3S. The van der Waals surface area contributed by atoms with Gasteiger partial charge < -0.3 is 15.4 Å². The van der Waals surface area contributed by atoms with Crippen LogP contribution in [0.1, 0.15) is 20.8 Å². The Kier molecular flexibility index (Phi) is 6.48. The first-order valence-corrected chi connectivity index (χ1v) is 7.80. The molecule has 1 rings (SSSR count). The highest BCUT2D eigenvalue weighted by molar-refractivity contribution is 7.98. The minimum Gasteiger partial charge on any atom is -0.444 e. The molecule has 2 N–H and O–H groups in total. The number of nitrogens with zero attached hydrogens (tertiary/aromatic N) is 1. The first kappa shape index (κ1) is 17.3. The van der Waals surface area contributed by atoms with Gasteiger partial charge in [0, 0.05) is 18.0 Å². The zero-order valence-electron chi connectivity index (χ0n) is 12.7. The van der Waals surface area contributed by atoms with Gasteiger partial charge in [0.05, 0.1) is 5.69 Å². The van der Waals surface area contributed by atoms with Crippen LogP contribution in [0.2, 0.25) is 0 Å². The number of nitroso groups, excluding NO2 is 1. The number of hydrogen-bond donors (Lipinski definition) is 2. The van der Waals surface area contributed by atoms with E-state index in [-0.39, 0.29) is 0 Å². The first-order valence-electron chi connectivity index (χ1n) is 6.58. The maximum Gasteiger partial charge on any atom is 0.407 e. The standard InChI is InChI=1S/C14H21N3O3S/c1-14(2,3)20-13(18)16-8-7-15-12-9-10(21-4)5-6-11(12)17-19/h5-6,9,15H,7-8H2,1-4H3,(H,16,18). The quantitative estimate of drug-likeness (QED) is 0.475. The number of amides is 1. The molecule has 0 aliphatic heterocycles. The zero-order valence-corrected chi connectivity index (χ0v) is 13.5. The number of alkyl carbamates (subject to hydrolysis) is 1. The molecule has 116 valence electrons. The third-order valence-electron chi connectivity index (χ3n) is 2.41. The van der Waals surface area contributed by atoms with Gasteiger partial charge in [0.25, 0.3) is 0 Å². The van der Waals surface area contributed by atoms with E-state index in [0.29, 0.717) is 24.5 Å². The summed E-state index contributed by atoms with van der Waals surface area (Å²) >= 11 is 1.58. The summed E-state index contributed by atoms with van der Waals surface area (Å²) in [5.74, 6) is 0. The second-order valence-corrected chi connectivity index (χ2v) is 6.21. The van der Waals surface area contributed by atoms with Crippen LogP contribution in [0.5, 0.6) is 0 Å². The van der Waals surface area contributed by atoms with Crippen LogP contribution in [0.15, 0.2) is 28.3 Å². The van der Waals surface area contributed by atoms with Crippen molar-refractivity contribution in [2.75, 3.05) is 24.7 Å². The fourth-order valence-electron chi connectivity index (χ4n) is 1.54. The second kappa shape index (κ2) is 7.87. The largest absolute Gasteiger partial charge is 0.444 e. The van der Waals surface area contributed by atoms with E-state index in [9.17, 15) is 9.70 Å². The number of anilines is 1. The minimum atomic E-state index is -0.515. The van der Waals surface area contributed by atoms with Crippen LogP contribution in [0.4, 0.5) is 16.2 Å². The zero-order chi connectivity index (χ0) is 15.9. The SMILES string of the molecule is CSc1ccc(N=O)c(NCCNC(=O)OC(C)(C)C)c1. The summed E-state index contributed by atoms with van der Waals surface area (Å²) in [7, 11) is 0. The number of carbonyl (C=O) groups excluding carboxylic acids is 1. The summed E-state index contributed by atoms with van der Waals surface area (Å²) in [4.78, 5) is 23.2. The number of rotatable bonds is 6. The number of carbonyl (C=O) groups is 1. The van der Waals surface area contributed by atoms with Crippen LogP contribution < -0.4 is 10.6 Å². The number of benzene rings is 1.